The standard InChI is InChI=1S/C18H19ClN2O2/c1-12-11-21(8-7-20-12)18(23)15-9-14(10-16(19)17(15)22)13-5-3-2-4-6-13/h2-6,9-10,12,20,22H,7-8,11H2,1H3/t12-/m1/s1. The van der Waals surface area contributed by atoms with Crippen molar-refractivity contribution >= 4 is 17.5 Å². The second-order valence-corrected chi connectivity index (χ2v) is 6.23. The van der Waals surface area contributed by atoms with Gasteiger partial charge in [-0.2, -0.15) is 0 Å². The second kappa shape index (κ2) is 6.60. The van der Waals surface area contributed by atoms with Crippen molar-refractivity contribution < 1.29 is 9.90 Å². The summed E-state index contributed by atoms with van der Waals surface area (Å²) < 4.78 is 0. The molecule has 1 saturated heterocycles. The molecule has 23 heavy (non-hydrogen) atoms. The van der Waals surface area contributed by atoms with Crippen LogP contribution in [0.15, 0.2) is 42.5 Å². The van der Waals surface area contributed by atoms with Crippen LogP contribution >= 0.6 is 11.6 Å². The van der Waals surface area contributed by atoms with E-state index in [1.54, 1.807) is 17.0 Å². The fraction of sp³-hybridized carbons (Fsp3) is 0.278. The predicted molar refractivity (Wildman–Crippen MR) is 91.9 cm³/mol. The number of piperazine rings is 1. The first-order valence-electron chi connectivity index (χ1n) is 7.67. The molecule has 1 fully saturated rings. The molecule has 1 atom stereocenters. The SMILES string of the molecule is C[C@@H]1CN(C(=O)c2cc(-c3ccccc3)cc(Cl)c2O)CCN1. The zero-order valence-corrected chi connectivity index (χ0v) is 13.7. The van der Waals surface area contributed by atoms with Gasteiger partial charge in [0.05, 0.1) is 10.6 Å². The van der Waals surface area contributed by atoms with Crippen molar-refractivity contribution in [2.45, 2.75) is 13.0 Å². The number of nitrogens with zero attached hydrogens (tertiary/aromatic N) is 1. The third kappa shape index (κ3) is 3.33. The summed E-state index contributed by atoms with van der Waals surface area (Å²) in [4.78, 5) is 14.5. The number of rotatable bonds is 2. The van der Waals surface area contributed by atoms with Gasteiger partial charge in [-0.1, -0.05) is 41.9 Å². The lowest BCUT2D eigenvalue weighted by Gasteiger charge is -2.32. The molecule has 1 aliphatic rings. The van der Waals surface area contributed by atoms with E-state index in [9.17, 15) is 9.90 Å². The van der Waals surface area contributed by atoms with Gasteiger partial charge in [-0.3, -0.25) is 4.79 Å². The van der Waals surface area contributed by atoms with E-state index in [0.717, 1.165) is 17.7 Å². The minimum atomic E-state index is -0.185. The maximum atomic E-state index is 12.8. The van der Waals surface area contributed by atoms with Crippen LogP contribution in [-0.2, 0) is 0 Å². The Morgan fingerprint density at radius 3 is 2.70 bits per heavy atom. The number of carbonyl (C=O) groups is 1. The smallest absolute Gasteiger partial charge is 0.257 e. The average molecular weight is 331 g/mol. The van der Waals surface area contributed by atoms with Crippen molar-refractivity contribution in [1.29, 1.82) is 0 Å². The normalized spacial score (nSPS) is 18.0. The van der Waals surface area contributed by atoms with Crippen molar-refractivity contribution in [1.82, 2.24) is 10.2 Å². The highest BCUT2D eigenvalue weighted by molar-refractivity contribution is 6.33. The Balaban J connectivity index is 1.98. The quantitative estimate of drug-likeness (QED) is 0.889. The lowest BCUT2D eigenvalue weighted by atomic mass is 10.0. The summed E-state index contributed by atoms with van der Waals surface area (Å²) in [5.74, 6) is -0.335. The summed E-state index contributed by atoms with van der Waals surface area (Å²) in [5, 5.41) is 13.7. The van der Waals surface area contributed by atoms with Crippen LogP contribution in [0.3, 0.4) is 0 Å². The van der Waals surface area contributed by atoms with Crippen LogP contribution in [0.1, 0.15) is 17.3 Å². The van der Waals surface area contributed by atoms with E-state index < -0.39 is 0 Å². The van der Waals surface area contributed by atoms with Crippen LogP contribution in [0, 0.1) is 0 Å². The minimum absolute atomic E-state index is 0.150. The molecule has 0 radical (unpaired) electrons. The van der Waals surface area contributed by atoms with Gasteiger partial charge < -0.3 is 15.3 Å². The van der Waals surface area contributed by atoms with Crippen molar-refractivity contribution in [2.24, 2.45) is 0 Å². The molecule has 0 aliphatic carbocycles. The molecule has 2 aromatic carbocycles. The number of halogens is 1. The molecule has 2 N–H and O–H groups in total. The third-order valence-electron chi connectivity index (χ3n) is 4.06. The summed E-state index contributed by atoms with van der Waals surface area (Å²) in [5.41, 5.74) is 2.03. The van der Waals surface area contributed by atoms with Gasteiger partial charge in [0.1, 0.15) is 5.75 Å². The number of aromatic hydroxyl groups is 1. The molecular weight excluding hydrogens is 312 g/mol. The van der Waals surface area contributed by atoms with E-state index in [-0.39, 0.29) is 28.3 Å². The third-order valence-corrected chi connectivity index (χ3v) is 4.35. The van der Waals surface area contributed by atoms with Gasteiger partial charge in [0, 0.05) is 25.7 Å². The van der Waals surface area contributed by atoms with Crippen LogP contribution in [0.2, 0.25) is 5.02 Å². The monoisotopic (exact) mass is 330 g/mol. The van der Waals surface area contributed by atoms with Crippen LogP contribution in [0.4, 0.5) is 0 Å². The van der Waals surface area contributed by atoms with Gasteiger partial charge >= 0.3 is 0 Å². The van der Waals surface area contributed by atoms with Crippen molar-refractivity contribution in [3.63, 3.8) is 0 Å². The zero-order chi connectivity index (χ0) is 16.4. The largest absolute Gasteiger partial charge is 0.506 e. The molecule has 0 unspecified atom stereocenters. The first-order chi connectivity index (χ1) is 11.1. The summed E-state index contributed by atoms with van der Waals surface area (Å²) in [7, 11) is 0. The van der Waals surface area contributed by atoms with Crippen molar-refractivity contribution in [3.8, 4) is 16.9 Å². The molecule has 0 spiro atoms. The fourth-order valence-electron chi connectivity index (χ4n) is 2.85. The van der Waals surface area contributed by atoms with E-state index in [2.05, 4.69) is 5.32 Å². The molecule has 5 heteroatoms. The van der Waals surface area contributed by atoms with E-state index in [1.165, 1.54) is 0 Å². The topological polar surface area (TPSA) is 52.6 Å². The molecule has 2 aromatic rings. The fourth-order valence-corrected chi connectivity index (χ4v) is 3.07. The van der Waals surface area contributed by atoms with Gasteiger partial charge in [-0.25, -0.2) is 0 Å². The highest BCUT2D eigenvalue weighted by Gasteiger charge is 2.25. The molecule has 0 aromatic heterocycles. The molecule has 1 amide bonds. The summed E-state index contributed by atoms with van der Waals surface area (Å²) in [6, 6.07) is 13.3. The molecule has 1 aliphatic heterocycles. The van der Waals surface area contributed by atoms with E-state index in [0.29, 0.717) is 13.1 Å². The van der Waals surface area contributed by atoms with Gasteiger partial charge in [-0.05, 0) is 30.2 Å². The molecule has 120 valence electrons. The van der Waals surface area contributed by atoms with Crippen LogP contribution in [0.5, 0.6) is 5.75 Å². The Hall–Kier alpha value is -2.04. The number of nitrogens with one attached hydrogen (secondary N) is 1. The molecule has 0 bridgehead atoms. The number of phenols is 1. The average Bonchev–Trinajstić information content (AvgIpc) is 2.57. The Bertz CT molecular complexity index is 718. The Morgan fingerprint density at radius 1 is 1.26 bits per heavy atom. The maximum absolute atomic E-state index is 12.8. The van der Waals surface area contributed by atoms with Gasteiger partial charge in [-0.15, -0.1) is 0 Å². The predicted octanol–water partition coefficient (Wildman–Crippen LogP) is 3.15. The molecule has 4 nitrogen and oxygen atoms in total. The maximum Gasteiger partial charge on any atom is 0.257 e. The van der Waals surface area contributed by atoms with Crippen LogP contribution in [-0.4, -0.2) is 41.6 Å². The molecule has 0 saturated carbocycles. The van der Waals surface area contributed by atoms with Gasteiger partial charge in [0.2, 0.25) is 0 Å². The van der Waals surface area contributed by atoms with Crippen molar-refractivity contribution in [3.05, 3.63) is 53.1 Å². The van der Waals surface area contributed by atoms with E-state index >= 15 is 0 Å². The number of carbonyl (C=O) groups excluding carboxylic acids is 1. The zero-order valence-electron chi connectivity index (χ0n) is 12.9. The lowest BCUT2D eigenvalue weighted by molar-refractivity contribution is 0.0706. The number of amides is 1. The Labute approximate surface area is 140 Å². The number of hydrogen-bond acceptors (Lipinski definition) is 3. The summed E-state index contributed by atoms with van der Waals surface area (Å²) in [6.45, 7) is 4.02. The first-order valence-corrected chi connectivity index (χ1v) is 8.04. The van der Waals surface area contributed by atoms with Gasteiger partial charge in [0.25, 0.3) is 5.91 Å². The Morgan fingerprint density at radius 2 is 2.00 bits per heavy atom. The first kappa shape index (κ1) is 15.8. The number of benzene rings is 2. The highest BCUT2D eigenvalue weighted by atomic mass is 35.5. The second-order valence-electron chi connectivity index (χ2n) is 5.83. The lowest BCUT2D eigenvalue weighted by Crippen LogP contribution is -2.51. The molecule has 3 rings (SSSR count). The number of hydrogen-bond donors (Lipinski definition) is 2. The number of phenolic OH excluding ortho intramolecular Hbond substituents is 1. The summed E-state index contributed by atoms with van der Waals surface area (Å²) in [6.07, 6.45) is 0. The Kier molecular flexibility index (Phi) is 4.55. The van der Waals surface area contributed by atoms with E-state index in [4.69, 9.17) is 11.6 Å². The molecule has 1 heterocycles. The van der Waals surface area contributed by atoms with Crippen LogP contribution < -0.4 is 5.32 Å². The molecular formula is C18H19ClN2O2. The van der Waals surface area contributed by atoms with E-state index in [1.807, 2.05) is 37.3 Å². The van der Waals surface area contributed by atoms with Crippen LogP contribution in [0.25, 0.3) is 11.1 Å². The van der Waals surface area contributed by atoms with Crippen molar-refractivity contribution in [2.75, 3.05) is 19.6 Å². The summed E-state index contributed by atoms with van der Waals surface area (Å²) >= 11 is 6.15. The highest BCUT2D eigenvalue weighted by Crippen LogP contribution is 2.34. The van der Waals surface area contributed by atoms with Gasteiger partial charge in [0.15, 0.2) is 0 Å². The minimum Gasteiger partial charge on any atom is -0.506 e.